The zero-order valence-corrected chi connectivity index (χ0v) is 8.04. The van der Waals surface area contributed by atoms with E-state index in [-0.39, 0.29) is 5.69 Å². The zero-order chi connectivity index (χ0) is 9.68. The Kier molecular flexibility index (Phi) is 3.71. The number of aryl methyl sites for hydroxylation is 1. The van der Waals surface area contributed by atoms with Gasteiger partial charge in [-0.1, -0.05) is 5.21 Å². The second kappa shape index (κ2) is 4.83. The van der Waals surface area contributed by atoms with Gasteiger partial charge in [0.25, 0.3) is 5.91 Å². The summed E-state index contributed by atoms with van der Waals surface area (Å²) >= 11 is 1.71. The number of thioether (sulfide) groups is 1. The highest BCUT2D eigenvalue weighted by Gasteiger charge is 2.07. The van der Waals surface area contributed by atoms with Gasteiger partial charge in [-0.25, -0.2) is 5.84 Å². The van der Waals surface area contributed by atoms with Crippen molar-refractivity contribution in [3.8, 4) is 0 Å². The molecule has 6 nitrogen and oxygen atoms in total. The normalized spacial score (nSPS) is 10.0. The van der Waals surface area contributed by atoms with Crippen LogP contribution in [0.5, 0.6) is 0 Å². The summed E-state index contributed by atoms with van der Waals surface area (Å²) in [6.07, 6.45) is 3.57. The number of aromatic nitrogens is 3. The fraction of sp³-hybridized carbons (Fsp3) is 0.500. The summed E-state index contributed by atoms with van der Waals surface area (Å²) in [5, 5.41) is 7.41. The summed E-state index contributed by atoms with van der Waals surface area (Å²) in [5.74, 6) is 5.45. The molecule has 1 aromatic rings. The average Bonchev–Trinajstić information content (AvgIpc) is 2.62. The number of rotatable bonds is 4. The lowest BCUT2D eigenvalue weighted by Crippen LogP contribution is -2.30. The topological polar surface area (TPSA) is 85.8 Å². The number of carbonyl (C=O) groups is 1. The Morgan fingerprint density at radius 3 is 3.23 bits per heavy atom. The average molecular weight is 201 g/mol. The molecule has 1 aromatic heterocycles. The Morgan fingerprint density at radius 1 is 1.85 bits per heavy atom. The van der Waals surface area contributed by atoms with E-state index in [0.717, 1.165) is 12.3 Å². The van der Waals surface area contributed by atoms with Gasteiger partial charge in [-0.15, -0.1) is 5.10 Å². The minimum absolute atomic E-state index is 0.239. The number of hydrogen-bond acceptors (Lipinski definition) is 5. The van der Waals surface area contributed by atoms with Crippen molar-refractivity contribution in [3.63, 3.8) is 0 Å². The Bertz CT molecular complexity index is 286. The number of nitrogen functional groups attached to an aromatic ring is 1. The molecule has 0 aliphatic rings. The molecule has 3 N–H and O–H groups in total. The van der Waals surface area contributed by atoms with Crippen LogP contribution in [0.3, 0.4) is 0 Å². The lowest BCUT2D eigenvalue weighted by molar-refractivity contribution is 0.0948. The third-order valence-corrected chi connectivity index (χ3v) is 2.02. The molecule has 1 rings (SSSR count). The summed E-state index contributed by atoms with van der Waals surface area (Å²) < 4.78 is 1.61. The summed E-state index contributed by atoms with van der Waals surface area (Å²) in [5.41, 5.74) is 2.23. The first-order chi connectivity index (χ1) is 6.27. The van der Waals surface area contributed by atoms with Crippen LogP contribution in [0.4, 0.5) is 0 Å². The molecule has 0 bridgehead atoms. The summed E-state index contributed by atoms with van der Waals surface area (Å²) in [4.78, 5) is 10.9. The van der Waals surface area contributed by atoms with Crippen LogP contribution in [0.15, 0.2) is 6.20 Å². The van der Waals surface area contributed by atoms with Gasteiger partial charge < -0.3 is 0 Å². The highest BCUT2D eigenvalue weighted by molar-refractivity contribution is 7.98. The minimum Gasteiger partial charge on any atom is -0.289 e. The van der Waals surface area contributed by atoms with Crippen LogP contribution in [0.2, 0.25) is 0 Å². The second-order valence-electron chi connectivity index (χ2n) is 2.33. The molecule has 0 aliphatic carbocycles. The Balaban J connectivity index is 2.58. The van der Waals surface area contributed by atoms with Gasteiger partial charge in [0.1, 0.15) is 0 Å². The van der Waals surface area contributed by atoms with Gasteiger partial charge in [0.05, 0.1) is 12.7 Å². The fourth-order valence-corrected chi connectivity index (χ4v) is 1.14. The van der Waals surface area contributed by atoms with E-state index < -0.39 is 5.91 Å². The Hall–Kier alpha value is -1.08. The van der Waals surface area contributed by atoms with Crippen LogP contribution < -0.4 is 11.3 Å². The first-order valence-corrected chi connectivity index (χ1v) is 5.07. The van der Waals surface area contributed by atoms with Crippen molar-refractivity contribution in [1.82, 2.24) is 20.4 Å². The third kappa shape index (κ3) is 2.71. The van der Waals surface area contributed by atoms with Crippen LogP contribution >= 0.6 is 11.8 Å². The highest BCUT2D eigenvalue weighted by Crippen LogP contribution is 1.96. The molecule has 0 aromatic carbocycles. The van der Waals surface area contributed by atoms with E-state index in [9.17, 15) is 4.79 Å². The van der Waals surface area contributed by atoms with Crippen molar-refractivity contribution < 1.29 is 4.79 Å². The molecule has 0 spiro atoms. The number of nitrogens with two attached hydrogens (primary N) is 1. The third-order valence-electron chi connectivity index (χ3n) is 1.43. The molecule has 7 heteroatoms. The molecular weight excluding hydrogens is 190 g/mol. The lowest BCUT2D eigenvalue weighted by atomic mass is 10.5. The maximum atomic E-state index is 10.9. The maximum Gasteiger partial charge on any atom is 0.287 e. The minimum atomic E-state index is -0.421. The molecule has 72 valence electrons. The molecule has 0 radical (unpaired) electrons. The van der Waals surface area contributed by atoms with Gasteiger partial charge in [0.2, 0.25) is 0 Å². The summed E-state index contributed by atoms with van der Waals surface area (Å²) in [7, 11) is 0. The molecule has 0 aliphatic heterocycles. The molecule has 13 heavy (non-hydrogen) atoms. The van der Waals surface area contributed by atoms with Crippen molar-refractivity contribution in [3.05, 3.63) is 11.9 Å². The molecule has 1 amide bonds. The van der Waals surface area contributed by atoms with E-state index in [1.54, 1.807) is 22.6 Å². The number of hydrogen-bond donors (Lipinski definition) is 2. The second-order valence-corrected chi connectivity index (χ2v) is 3.32. The largest absolute Gasteiger partial charge is 0.289 e. The Morgan fingerprint density at radius 2 is 2.62 bits per heavy atom. The first kappa shape index (κ1) is 10.0. The molecular formula is C6H11N5OS. The van der Waals surface area contributed by atoms with E-state index in [1.807, 2.05) is 11.7 Å². The van der Waals surface area contributed by atoms with Gasteiger partial charge in [0, 0.05) is 5.75 Å². The van der Waals surface area contributed by atoms with Gasteiger partial charge >= 0.3 is 0 Å². The number of nitrogens with one attached hydrogen (secondary N) is 1. The smallest absolute Gasteiger partial charge is 0.287 e. The van der Waals surface area contributed by atoms with Crippen molar-refractivity contribution >= 4 is 17.7 Å². The quantitative estimate of drug-likeness (QED) is 0.380. The number of carbonyl (C=O) groups excluding carboxylic acids is 1. The van der Waals surface area contributed by atoms with Crippen LogP contribution in [-0.2, 0) is 6.54 Å². The van der Waals surface area contributed by atoms with Crippen molar-refractivity contribution in [2.45, 2.75) is 6.54 Å². The van der Waals surface area contributed by atoms with Crippen LogP contribution in [0, 0.1) is 0 Å². The predicted octanol–water partition coefficient (Wildman–Crippen LogP) is -0.755. The molecule has 0 atom stereocenters. The monoisotopic (exact) mass is 201 g/mol. The fourth-order valence-electron chi connectivity index (χ4n) is 0.770. The van der Waals surface area contributed by atoms with Crippen LogP contribution in [-0.4, -0.2) is 32.9 Å². The van der Waals surface area contributed by atoms with Gasteiger partial charge in [-0.2, -0.15) is 11.8 Å². The SMILES string of the molecule is CSCCn1cc(C(=O)NN)nn1. The van der Waals surface area contributed by atoms with Gasteiger partial charge in [-0.05, 0) is 6.26 Å². The first-order valence-electron chi connectivity index (χ1n) is 3.68. The van der Waals surface area contributed by atoms with E-state index in [1.165, 1.54) is 0 Å². The van der Waals surface area contributed by atoms with Crippen molar-refractivity contribution in [2.24, 2.45) is 5.84 Å². The lowest BCUT2D eigenvalue weighted by Gasteiger charge is -1.95. The van der Waals surface area contributed by atoms with Crippen LogP contribution in [0.1, 0.15) is 10.5 Å². The number of nitrogens with zero attached hydrogens (tertiary/aromatic N) is 3. The van der Waals surface area contributed by atoms with Gasteiger partial charge in [0.15, 0.2) is 5.69 Å². The zero-order valence-electron chi connectivity index (χ0n) is 7.23. The van der Waals surface area contributed by atoms with Gasteiger partial charge in [-0.3, -0.25) is 14.9 Å². The maximum absolute atomic E-state index is 10.9. The van der Waals surface area contributed by atoms with E-state index in [2.05, 4.69) is 10.3 Å². The number of amides is 1. The predicted molar refractivity (Wildman–Crippen MR) is 50.1 cm³/mol. The summed E-state index contributed by atoms with van der Waals surface area (Å²) in [6, 6.07) is 0. The molecule has 0 fully saturated rings. The Labute approximate surface area is 79.8 Å². The number of hydrazine groups is 1. The summed E-state index contributed by atoms with van der Waals surface area (Å²) in [6.45, 7) is 0.742. The molecule has 0 unspecified atom stereocenters. The van der Waals surface area contributed by atoms with E-state index in [4.69, 9.17) is 5.84 Å². The van der Waals surface area contributed by atoms with Crippen molar-refractivity contribution in [1.29, 1.82) is 0 Å². The standard InChI is InChI=1S/C6H11N5OS/c1-13-3-2-11-4-5(9-10-11)6(12)8-7/h4H,2-3,7H2,1H3,(H,8,12). The molecule has 0 saturated carbocycles. The molecule has 0 saturated heterocycles. The van der Waals surface area contributed by atoms with Crippen molar-refractivity contribution in [2.75, 3.05) is 12.0 Å². The van der Waals surface area contributed by atoms with E-state index >= 15 is 0 Å². The highest BCUT2D eigenvalue weighted by atomic mass is 32.2. The molecule has 1 heterocycles. The van der Waals surface area contributed by atoms with E-state index in [0.29, 0.717) is 0 Å². The van der Waals surface area contributed by atoms with Crippen LogP contribution in [0.25, 0.3) is 0 Å².